The standard InChI is InChI=1S/C10H13FN2O/c11-7-1-3-8(4-2-7)13-5-9(12)10(14)6-13/h1-4,9-10,14H,5-6,12H2/t9-,10-/m0/s1. The van der Waals surface area contributed by atoms with Gasteiger partial charge in [-0.2, -0.15) is 0 Å². The first kappa shape index (κ1) is 9.43. The van der Waals surface area contributed by atoms with Gasteiger partial charge in [0.05, 0.1) is 6.10 Å². The molecule has 0 saturated carbocycles. The fraction of sp³-hybridized carbons (Fsp3) is 0.400. The second-order valence-corrected chi connectivity index (χ2v) is 3.61. The van der Waals surface area contributed by atoms with Crippen molar-refractivity contribution in [1.29, 1.82) is 0 Å². The Labute approximate surface area is 81.9 Å². The summed E-state index contributed by atoms with van der Waals surface area (Å²) in [5.41, 5.74) is 6.57. The third-order valence-corrected chi connectivity index (χ3v) is 2.52. The topological polar surface area (TPSA) is 49.5 Å². The Balaban J connectivity index is 2.13. The van der Waals surface area contributed by atoms with Gasteiger partial charge in [-0.05, 0) is 24.3 Å². The quantitative estimate of drug-likeness (QED) is 0.680. The molecule has 1 fully saturated rings. The van der Waals surface area contributed by atoms with Crippen LogP contribution < -0.4 is 10.6 Å². The van der Waals surface area contributed by atoms with Gasteiger partial charge in [-0.1, -0.05) is 0 Å². The first-order valence-corrected chi connectivity index (χ1v) is 4.61. The molecular weight excluding hydrogens is 183 g/mol. The van der Waals surface area contributed by atoms with Crippen LogP contribution in [0.4, 0.5) is 10.1 Å². The second kappa shape index (κ2) is 3.55. The number of aliphatic hydroxyl groups is 1. The fourth-order valence-electron chi connectivity index (χ4n) is 1.67. The summed E-state index contributed by atoms with van der Waals surface area (Å²) in [7, 11) is 0. The smallest absolute Gasteiger partial charge is 0.123 e. The monoisotopic (exact) mass is 196 g/mol. The van der Waals surface area contributed by atoms with Crippen LogP contribution in [0.2, 0.25) is 0 Å². The summed E-state index contributed by atoms with van der Waals surface area (Å²) in [6.45, 7) is 1.14. The van der Waals surface area contributed by atoms with E-state index in [1.165, 1.54) is 12.1 Å². The molecule has 1 aromatic rings. The molecule has 1 aliphatic rings. The number of benzene rings is 1. The number of β-amino-alcohol motifs (C(OH)–C–C–N with tert-alkyl or cyclic N) is 1. The molecule has 0 bridgehead atoms. The third-order valence-electron chi connectivity index (χ3n) is 2.52. The summed E-state index contributed by atoms with van der Waals surface area (Å²) >= 11 is 0. The van der Waals surface area contributed by atoms with Crippen molar-refractivity contribution >= 4 is 5.69 Å². The highest BCUT2D eigenvalue weighted by Gasteiger charge is 2.28. The van der Waals surface area contributed by atoms with E-state index in [-0.39, 0.29) is 11.9 Å². The number of anilines is 1. The minimum Gasteiger partial charge on any atom is -0.390 e. The summed E-state index contributed by atoms with van der Waals surface area (Å²) in [5.74, 6) is -0.252. The number of halogens is 1. The van der Waals surface area contributed by atoms with Crippen molar-refractivity contribution in [3.05, 3.63) is 30.1 Å². The molecule has 1 aromatic carbocycles. The molecule has 4 heteroatoms. The van der Waals surface area contributed by atoms with Crippen molar-refractivity contribution in [1.82, 2.24) is 0 Å². The zero-order chi connectivity index (χ0) is 10.1. The molecule has 0 spiro atoms. The normalized spacial score (nSPS) is 26.9. The highest BCUT2D eigenvalue weighted by Crippen LogP contribution is 2.19. The molecule has 2 atom stereocenters. The van der Waals surface area contributed by atoms with Crippen LogP contribution >= 0.6 is 0 Å². The number of rotatable bonds is 1. The van der Waals surface area contributed by atoms with E-state index in [0.717, 1.165) is 5.69 Å². The molecule has 14 heavy (non-hydrogen) atoms. The molecule has 0 aliphatic carbocycles. The molecule has 0 amide bonds. The minimum atomic E-state index is -0.486. The Morgan fingerprint density at radius 1 is 1.29 bits per heavy atom. The SMILES string of the molecule is N[C@H]1CN(c2ccc(F)cc2)C[C@@H]1O. The van der Waals surface area contributed by atoms with Gasteiger partial charge in [0.2, 0.25) is 0 Å². The summed E-state index contributed by atoms with van der Waals surface area (Å²) < 4.78 is 12.6. The predicted octanol–water partition coefficient (Wildman–Crippen LogP) is 0.334. The zero-order valence-corrected chi connectivity index (χ0v) is 7.73. The van der Waals surface area contributed by atoms with Crippen LogP contribution in [0.3, 0.4) is 0 Å². The van der Waals surface area contributed by atoms with Crippen molar-refractivity contribution in [2.24, 2.45) is 5.73 Å². The molecule has 0 unspecified atom stereocenters. The number of hydrogen-bond acceptors (Lipinski definition) is 3. The maximum atomic E-state index is 12.6. The van der Waals surface area contributed by atoms with Gasteiger partial charge in [0, 0.05) is 24.8 Å². The van der Waals surface area contributed by atoms with E-state index in [4.69, 9.17) is 5.73 Å². The summed E-state index contributed by atoms with van der Waals surface area (Å²) in [5, 5.41) is 9.44. The van der Waals surface area contributed by atoms with Crippen molar-refractivity contribution in [2.45, 2.75) is 12.1 Å². The van der Waals surface area contributed by atoms with Gasteiger partial charge in [0.25, 0.3) is 0 Å². The highest BCUT2D eigenvalue weighted by atomic mass is 19.1. The maximum absolute atomic E-state index is 12.6. The van der Waals surface area contributed by atoms with E-state index in [1.807, 2.05) is 4.90 Å². The highest BCUT2D eigenvalue weighted by molar-refractivity contribution is 5.48. The fourth-order valence-corrected chi connectivity index (χ4v) is 1.67. The third kappa shape index (κ3) is 1.71. The molecule has 0 aromatic heterocycles. The molecule has 0 radical (unpaired) electrons. The van der Waals surface area contributed by atoms with Gasteiger partial charge >= 0.3 is 0 Å². The lowest BCUT2D eigenvalue weighted by Gasteiger charge is -2.17. The van der Waals surface area contributed by atoms with E-state index in [1.54, 1.807) is 12.1 Å². The van der Waals surface area contributed by atoms with Gasteiger partial charge < -0.3 is 15.7 Å². The van der Waals surface area contributed by atoms with E-state index in [9.17, 15) is 9.50 Å². The van der Waals surface area contributed by atoms with Crippen molar-refractivity contribution in [2.75, 3.05) is 18.0 Å². The molecule has 1 heterocycles. The number of nitrogens with zero attached hydrogens (tertiary/aromatic N) is 1. The lowest BCUT2D eigenvalue weighted by Crippen LogP contribution is -2.32. The van der Waals surface area contributed by atoms with Gasteiger partial charge in [-0.25, -0.2) is 4.39 Å². The summed E-state index contributed by atoms with van der Waals surface area (Å²) in [6.07, 6.45) is -0.486. The average molecular weight is 196 g/mol. The van der Waals surface area contributed by atoms with Crippen LogP contribution in [0, 0.1) is 5.82 Å². The largest absolute Gasteiger partial charge is 0.390 e. The minimum absolute atomic E-state index is 0.208. The molecule has 76 valence electrons. The van der Waals surface area contributed by atoms with Crippen LogP contribution in [0.5, 0.6) is 0 Å². The first-order valence-electron chi connectivity index (χ1n) is 4.61. The summed E-state index contributed by atoms with van der Waals surface area (Å²) in [6, 6.07) is 6.00. The van der Waals surface area contributed by atoms with Gasteiger partial charge in [-0.3, -0.25) is 0 Å². The lowest BCUT2D eigenvalue weighted by molar-refractivity contribution is 0.180. The van der Waals surface area contributed by atoms with E-state index < -0.39 is 6.10 Å². The van der Waals surface area contributed by atoms with Crippen LogP contribution in [0.15, 0.2) is 24.3 Å². The molecule has 3 N–H and O–H groups in total. The first-order chi connectivity index (χ1) is 6.66. The number of hydrogen-bond donors (Lipinski definition) is 2. The number of aliphatic hydroxyl groups excluding tert-OH is 1. The lowest BCUT2D eigenvalue weighted by atomic mass is 10.2. The zero-order valence-electron chi connectivity index (χ0n) is 7.73. The molecule has 2 rings (SSSR count). The average Bonchev–Trinajstić information content (AvgIpc) is 2.48. The Bertz CT molecular complexity index is 304. The van der Waals surface area contributed by atoms with Crippen LogP contribution in [-0.4, -0.2) is 30.3 Å². The Kier molecular flexibility index (Phi) is 2.39. The van der Waals surface area contributed by atoms with Crippen LogP contribution in [0.25, 0.3) is 0 Å². The summed E-state index contributed by atoms with van der Waals surface area (Å²) in [4.78, 5) is 1.95. The van der Waals surface area contributed by atoms with E-state index in [0.29, 0.717) is 13.1 Å². The predicted molar refractivity (Wildman–Crippen MR) is 52.6 cm³/mol. The maximum Gasteiger partial charge on any atom is 0.123 e. The Morgan fingerprint density at radius 3 is 2.43 bits per heavy atom. The van der Waals surface area contributed by atoms with Gasteiger partial charge in [0.15, 0.2) is 0 Å². The van der Waals surface area contributed by atoms with Crippen LogP contribution in [0.1, 0.15) is 0 Å². The van der Waals surface area contributed by atoms with Crippen molar-refractivity contribution in [3.8, 4) is 0 Å². The van der Waals surface area contributed by atoms with Crippen LogP contribution in [-0.2, 0) is 0 Å². The Morgan fingerprint density at radius 2 is 1.93 bits per heavy atom. The van der Waals surface area contributed by atoms with E-state index >= 15 is 0 Å². The molecule has 3 nitrogen and oxygen atoms in total. The van der Waals surface area contributed by atoms with Crippen molar-refractivity contribution in [3.63, 3.8) is 0 Å². The Hall–Kier alpha value is -1.13. The van der Waals surface area contributed by atoms with Crippen molar-refractivity contribution < 1.29 is 9.50 Å². The molecular formula is C10H13FN2O. The van der Waals surface area contributed by atoms with E-state index in [2.05, 4.69) is 0 Å². The van der Waals surface area contributed by atoms with Gasteiger partial charge in [0.1, 0.15) is 5.82 Å². The molecule has 1 aliphatic heterocycles. The molecule has 1 saturated heterocycles. The van der Waals surface area contributed by atoms with Gasteiger partial charge in [-0.15, -0.1) is 0 Å². The number of nitrogens with two attached hydrogens (primary N) is 1. The second-order valence-electron chi connectivity index (χ2n) is 3.61.